The summed E-state index contributed by atoms with van der Waals surface area (Å²) in [6.07, 6.45) is 5.45. The Balaban J connectivity index is 1.80. The van der Waals surface area contributed by atoms with Crippen LogP contribution in [0.2, 0.25) is 0 Å². The zero-order chi connectivity index (χ0) is 14.8. The van der Waals surface area contributed by atoms with Gasteiger partial charge in [-0.3, -0.25) is 4.79 Å². The Morgan fingerprint density at radius 3 is 2.67 bits per heavy atom. The number of piperidine rings is 2. The highest BCUT2D eigenvalue weighted by Gasteiger charge is 2.34. The summed E-state index contributed by atoms with van der Waals surface area (Å²) in [5.74, 6) is 0.783. The van der Waals surface area contributed by atoms with E-state index in [1.165, 1.54) is 26.4 Å². The minimum Gasteiger partial charge on any atom is -0.495 e. The summed E-state index contributed by atoms with van der Waals surface area (Å²) in [5, 5.41) is 12.8. The number of carbonyl (C=O) groups is 1. The van der Waals surface area contributed by atoms with Crippen molar-refractivity contribution >= 4 is 5.78 Å². The number of carbonyl (C=O) groups excluding carboxylic acids is 1. The summed E-state index contributed by atoms with van der Waals surface area (Å²) in [4.78, 5) is 12.7. The molecule has 0 spiro atoms. The predicted molar refractivity (Wildman–Crippen MR) is 79.3 cm³/mol. The lowest BCUT2D eigenvalue weighted by Gasteiger charge is -2.39. The molecule has 0 aromatic heterocycles. The average molecular weight is 284 g/mol. The van der Waals surface area contributed by atoms with Crippen LogP contribution in [-0.4, -0.2) is 25.0 Å². The van der Waals surface area contributed by atoms with Gasteiger partial charge in [0.2, 0.25) is 0 Å². The van der Waals surface area contributed by atoms with Crippen LogP contribution in [0.4, 0.5) is 0 Å². The Hall–Kier alpha value is -1.86. The van der Waals surface area contributed by atoms with Crippen molar-refractivity contribution in [2.75, 3.05) is 7.11 Å². The van der Waals surface area contributed by atoms with Gasteiger partial charge in [-0.05, 0) is 43.9 Å². The quantitative estimate of drug-likeness (QED) is 0.867. The van der Waals surface area contributed by atoms with Gasteiger partial charge < -0.3 is 10.1 Å². The Kier molecular flexibility index (Phi) is 3.94. The molecule has 0 amide bonds. The van der Waals surface area contributed by atoms with Crippen LogP contribution in [0.3, 0.4) is 0 Å². The van der Waals surface area contributed by atoms with Gasteiger partial charge in [0, 0.05) is 23.6 Å². The van der Waals surface area contributed by atoms with Gasteiger partial charge >= 0.3 is 0 Å². The summed E-state index contributed by atoms with van der Waals surface area (Å²) in [6.45, 7) is 0. The highest BCUT2D eigenvalue weighted by atomic mass is 16.5. The molecule has 0 aliphatic carbocycles. The number of nitrogens with one attached hydrogen (secondary N) is 1. The number of methoxy groups -OCH3 is 1. The largest absolute Gasteiger partial charge is 0.495 e. The van der Waals surface area contributed by atoms with Crippen molar-refractivity contribution < 1.29 is 9.53 Å². The lowest BCUT2D eigenvalue weighted by molar-refractivity contribution is 0.0825. The van der Waals surface area contributed by atoms with Crippen LogP contribution < -0.4 is 10.1 Å². The van der Waals surface area contributed by atoms with Gasteiger partial charge in [-0.15, -0.1) is 0 Å². The second-order valence-electron chi connectivity index (χ2n) is 6.05. The van der Waals surface area contributed by atoms with Gasteiger partial charge in [-0.2, -0.15) is 5.26 Å². The number of benzene rings is 1. The maximum absolute atomic E-state index is 12.7. The molecule has 2 heterocycles. The number of rotatable bonds is 3. The number of ketones is 1. The van der Waals surface area contributed by atoms with Gasteiger partial charge in [-0.1, -0.05) is 6.42 Å². The normalized spacial score (nSPS) is 27.7. The molecule has 2 fully saturated rings. The van der Waals surface area contributed by atoms with Crippen molar-refractivity contribution in [2.45, 2.75) is 44.2 Å². The first-order valence-electron chi connectivity index (χ1n) is 7.59. The molecular weight excluding hydrogens is 264 g/mol. The number of nitrogens with zero attached hydrogens (tertiary/aromatic N) is 1. The van der Waals surface area contributed by atoms with Crippen LogP contribution in [0.15, 0.2) is 18.2 Å². The molecule has 2 saturated heterocycles. The van der Waals surface area contributed by atoms with E-state index in [0.29, 0.717) is 29.0 Å². The molecule has 2 atom stereocenters. The molecule has 0 saturated carbocycles. The maximum atomic E-state index is 12.7. The molecule has 2 aliphatic rings. The summed E-state index contributed by atoms with van der Waals surface area (Å²) in [7, 11) is 1.53. The van der Waals surface area contributed by atoms with Crippen molar-refractivity contribution in [3.05, 3.63) is 29.3 Å². The Morgan fingerprint density at radius 1 is 1.33 bits per heavy atom. The van der Waals surface area contributed by atoms with Gasteiger partial charge in [0.05, 0.1) is 12.7 Å². The first-order valence-corrected chi connectivity index (χ1v) is 7.59. The second-order valence-corrected chi connectivity index (χ2v) is 6.05. The van der Waals surface area contributed by atoms with Crippen molar-refractivity contribution in [3.8, 4) is 11.8 Å². The summed E-state index contributed by atoms with van der Waals surface area (Å²) in [5.41, 5.74) is 1.06. The fraction of sp³-hybridized carbons (Fsp3) is 0.529. The van der Waals surface area contributed by atoms with E-state index in [9.17, 15) is 4.79 Å². The summed E-state index contributed by atoms with van der Waals surface area (Å²) < 4.78 is 5.13. The summed E-state index contributed by atoms with van der Waals surface area (Å²) in [6, 6.07) is 8.23. The molecule has 3 rings (SSSR count). The van der Waals surface area contributed by atoms with Crippen molar-refractivity contribution in [1.82, 2.24) is 5.32 Å². The molecule has 1 N–H and O–H groups in total. The van der Waals surface area contributed by atoms with Gasteiger partial charge in [-0.25, -0.2) is 0 Å². The molecule has 0 radical (unpaired) electrons. The fourth-order valence-corrected chi connectivity index (χ4v) is 3.66. The zero-order valence-corrected chi connectivity index (χ0v) is 12.3. The molecule has 4 heteroatoms. The minimum absolute atomic E-state index is 0.0847. The predicted octanol–water partition coefficient (Wildman–Crippen LogP) is 2.67. The van der Waals surface area contributed by atoms with Crippen LogP contribution in [-0.2, 0) is 0 Å². The molecular formula is C17H20N2O2. The van der Waals surface area contributed by atoms with Crippen LogP contribution in [0.1, 0.15) is 48.0 Å². The number of nitriles is 1. The number of Topliss-reactive ketones (excluding diaryl/α,β-unsaturated/α-hetero) is 1. The third-order valence-electron chi connectivity index (χ3n) is 4.69. The number of fused-ring (bicyclic) bond motifs is 2. The smallest absolute Gasteiger partial charge is 0.166 e. The van der Waals surface area contributed by atoms with Gasteiger partial charge in [0.1, 0.15) is 11.8 Å². The summed E-state index contributed by atoms with van der Waals surface area (Å²) >= 11 is 0. The Morgan fingerprint density at radius 2 is 2.05 bits per heavy atom. The number of hydrogen-bond acceptors (Lipinski definition) is 4. The monoisotopic (exact) mass is 284 g/mol. The Labute approximate surface area is 125 Å². The fourth-order valence-electron chi connectivity index (χ4n) is 3.66. The van der Waals surface area contributed by atoms with E-state index in [1.807, 2.05) is 0 Å². The van der Waals surface area contributed by atoms with Gasteiger partial charge in [0.25, 0.3) is 0 Å². The molecule has 2 bridgehead atoms. The highest BCUT2D eigenvalue weighted by molar-refractivity contribution is 5.98. The van der Waals surface area contributed by atoms with E-state index in [4.69, 9.17) is 10.00 Å². The number of ether oxygens (including phenoxy) is 1. The van der Waals surface area contributed by atoms with E-state index in [0.717, 1.165) is 12.8 Å². The van der Waals surface area contributed by atoms with E-state index in [-0.39, 0.29) is 11.7 Å². The maximum Gasteiger partial charge on any atom is 0.166 e. The topological polar surface area (TPSA) is 62.1 Å². The van der Waals surface area contributed by atoms with Gasteiger partial charge in [0.15, 0.2) is 5.78 Å². The van der Waals surface area contributed by atoms with E-state index < -0.39 is 0 Å². The molecule has 4 nitrogen and oxygen atoms in total. The molecule has 1 aromatic rings. The average Bonchev–Trinajstić information content (AvgIpc) is 2.53. The minimum atomic E-state index is 0.0847. The molecule has 2 unspecified atom stereocenters. The zero-order valence-electron chi connectivity index (χ0n) is 12.3. The lowest BCUT2D eigenvalue weighted by atomic mass is 9.77. The first kappa shape index (κ1) is 14.1. The van der Waals surface area contributed by atoms with Crippen LogP contribution in [0.25, 0.3) is 0 Å². The molecule has 21 heavy (non-hydrogen) atoms. The second kappa shape index (κ2) is 5.87. The van der Waals surface area contributed by atoms with Crippen LogP contribution in [0, 0.1) is 17.2 Å². The van der Waals surface area contributed by atoms with E-state index >= 15 is 0 Å². The standard InChI is InChI=1S/C17H20N2O2/c1-21-16-6-5-11(7-13(16)10-18)17(20)12-8-14-3-2-4-15(9-12)19-14/h5-7,12,14-15,19H,2-4,8-9H2,1H3. The molecule has 2 aliphatic heterocycles. The Bertz CT molecular complexity index is 579. The first-order chi connectivity index (χ1) is 10.2. The van der Waals surface area contributed by atoms with E-state index in [1.54, 1.807) is 18.2 Å². The van der Waals surface area contributed by atoms with Crippen LogP contribution in [0.5, 0.6) is 5.75 Å². The van der Waals surface area contributed by atoms with Crippen molar-refractivity contribution in [2.24, 2.45) is 5.92 Å². The number of hydrogen-bond donors (Lipinski definition) is 1. The third-order valence-corrected chi connectivity index (χ3v) is 4.69. The molecule has 1 aromatic carbocycles. The van der Waals surface area contributed by atoms with Crippen molar-refractivity contribution in [1.29, 1.82) is 5.26 Å². The third kappa shape index (κ3) is 2.79. The van der Waals surface area contributed by atoms with Crippen molar-refractivity contribution in [3.63, 3.8) is 0 Å². The van der Waals surface area contributed by atoms with E-state index in [2.05, 4.69) is 11.4 Å². The highest BCUT2D eigenvalue weighted by Crippen LogP contribution is 2.32. The van der Waals surface area contributed by atoms with Crippen LogP contribution >= 0.6 is 0 Å². The lowest BCUT2D eigenvalue weighted by Crippen LogP contribution is -2.50. The molecule has 110 valence electrons. The SMILES string of the molecule is COc1ccc(C(=O)C2CC3CCCC(C2)N3)cc1C#N.